The Morgan fingerprint density at radius 2 is 2.22 bits per heavy atom. The van der Waals surface area contributed by atoms with Crippen LogP contribution in [0.5, 0.6) is 5.88 Å². The van der Waals surface area contributed by atoms with Crippen LogP contribution >= 0.6 is 0 Å². The molecule has 0 radical (unpaired) electrons. The van der Waals surface area contributed by atoms with Gasteiger partial charge < -0.3 is 14.4 Å². The first kappa shape index (κ1) is 14.0. The summed E-state index contributed by atoms with van der Waals surface area (Å²) in [5, 5.41) is 0. The molecule has 0 N–H and O–H groups in total. The first-order valence-electron chi connectivity index (χ1n) is 5.64. The van der Waals surface area contributed by atoms with Gasteiger partial charge in [-0.1, -0.05) is 0 Å². The van der Waals surface area contributed by atoms with Crippen molar-refractivity contribution in [3.05, 3.63) is 30.1 Å². The van der Waals surface area contributed by atoms with Gasteiger partial charge in [0.1, 0.15) is 0 Å². The first-order chi connectivity index (χ1) is 8.58. The topological polar surface area (TPSA) is 51.7 Å². The first-order valence-corrected chi connectivity index (χ1v) is 5.64. The van der Waals surface area contributed by atoms with Gasteiger partial charge in [-0.3, -0.25) is 0 Å². The number of rotatable bonds is 5. The molecule has 0 fully saturated rings. The third kappa shape index (κ3) is 3.76. The van der Waals surface area contributed by atoms with Crippen LogP contribution in [0.25, 0.3) is 5.57 Å². The van der Waals surface area contributed by atoms with E-state index in [0.717, 1.165) is 0 Å². The van der Waals surface area contributed by atoms with Crippen molar-refractivity contribution in [3.8, 4) is 5.88 Å². The number of esters is 1. The quantitative estimate of drug-likeness (QED) is 0.586. The average Bonchev–Trinajstić information content (AvgIpc) is 2.36. The summed E-state index contributed by atoms with van der Waals surface area (Å²) in [6.07, 6.45) is 3.31. The zero-order valence-corrected chi connectivity index (χ0v) is 11.1. The van der Waals surface area contributed by atoms with Crippen molar-refractivity contribution in [1.29, 1.82) is 0 Å². The van der Waals surface area contributed by atoms with Crippen molar-refractivity contribution >= 4 is 11.5 Å². The summed E-state index contributed by atoms with van der Waals surface area (Å²) >= 11 is 0. The maximum Gasteiger partial charge on any atom is 0.340 e. The van der Waals surface area contributed by atoms with E-state index in [1.807, 2.05) is 14.1 Å². The van der Waals surface area contributed by atoms with Crippen molar-refractivity contribution in [2.24, 2.45) is 0 Å². The Labute approximate surface area is 107 Å². The highest BCUT2D eigenvalue weighted by molar-refractivity contribution is 6.16. The molecule has 1 aromatic heterocycles. The lowest BCUT2D eigenvalue weighted by atomic mass is 10.1. The van der Waals surface area contributed by atoms with Crippen LogP contribution in [0.4, 0.5) is 0 Å². The van der Waals surface area contributed by atoms with Crippen LogP contribution in [-0.4, -0.2) is 43.7 Å². The van der Waals surface area contributed by atoms with Crippen LogP contribution < -0.4 is 4.74 Å². The van der Waals surface area contributed by atoms with Gasteiger partial charge in [0.2, 0.25) is 5.88 Å². The highest BCUT2D eigenvalue weighted by Crippen LogP contribution is 2.19. The van der Waals surface area contributed by atoms with Gasteiger partial charge in [-0.25, -0.2) is 9.78 Å². The van der Waals surface area contributed by atoms with E-state index in [1.165, 1.54) is 7.11 Å². The SMILES string of the molecule is CCOC(=O)/C(=C/N(C)C)c1ccnc(OC)c1. The molecule has 1 heterocycles. The third-order valence-electron chi connectivity index (χ3n) is 2.14. The van der Waals surface area contributed by atoms with Gasteiger partial charge in [0.05, 0.1) is 19.3 Å². The smallest absolute Gasteiger partial charge is 0.340 e. The molecule has 5 nitrogen and oxygen atoms in total. The van der Waals surface area contributed by atoms with Gasteiger partial charge in [-0.2, -0.15) is 0 Å². The minimum Gasteiger partial charge on any atom is -0.481 e. The average molecular weight is 250 g/mol. The molecular formula is C13H18N2O3. The van der Waals surface area contributed by atoms with Crippen molar-refractivity contribution in [1.82, 2.24) is 9.88 Å². The van der Waals surface area contributed by atoms with Gasteiger partial charge in [0.25, 0.3) is 0 Å². The number of methoxy groups -OCH3 is 1. The molecule has 0 aliphatic rings. The molecule has 1 rings (SSSR count). The summed E-state index contributed by atoms with van der Waals surface area (Å²) < 4.78 is 10.1. The summed E-state index contributed by atoms with van der Waals surface area (Å²) in [5.74, 6) is 0.0981. The normalized spacial score (nSPS) is 11.0. The van der Waals surface area contributed by atoms with E-state index in [4.69, 9.17) is 9.47 Å². The number of aromatic nitrogens is 1. The van der Waals surface area contributed by atoms with E-state index in [9.17, 15) is 4.79 Å². The van der Waals surface area contributed by atoms with E-state index in [1.54, 1.807) is 36.4 Å². The Hall–Kier alpha value is -2.04. The number of hydrogen-bond acceptors (Lipinski definition) is 5. The van der Waals surface area contributed by atoms with Crippen molar-refractivity contribution in [3.63, 3.8) is 0 Å². The Morgan fingerprint density at radius 1 is 1.50 bits per heavy atom. The molecule has 1 aromatic rings. The van der Waals surface area contributed by atoms with Crippen LogP contribution in [0.2, 0.25) is 0 Å². The minimum atomic E-state index is -0.362. The van der Waals surface area contributed by atoms with Crippen LogP contribution in [0.15, 0.2) is 24.5 Å². The molecule has 0 atom stereocenters. The molecule has 0 amide bonds. The Balaban J connectivity index is 3.13. The fraction of sp³-hybridized carbons (Fsp3) is 0.385. The zero-order chi connectivity index (χ0) is 13.5. The lowest BCUT2D eigenvalue weighted by Crippen LogP contribution is -2.11. The highest BCUT2D eigenvalue weighted by atomic mass is 16.5. The van der Waals surface area contributed by atoms with Crippen LogP contribution in [0, 0.1) is 0 Å². The van der Waals surface area contributed by atoms with Crippen molar-refractivity contribution in [2.75, 3.05) is 27.8 Å². The molecule has 0 saturated heterocycles. The molecule has 98 valence electrons. The molecule has 0 bridgehead atoms. The summed E-state index contributed by atoms with van der Waals surface area (Å²) in [5.41, 5.74) is 1.19. The number of ether oxygens (including phenoxy) is 2. The zero-order valence-electron chi connectivity index (χ0n) is 11.1. The fourth-order valence-corrected chi connectivity index (χ4v) is 1.40. The maximum atomic E-state index is 11.9. The summed E-state index contributed by atoms with van der Waals surface area (Å²) in [7, 11) is 5.22. The predicted molar refractivity (Wildman–Crippen MR) is 69.1 cm³/mol. The van der Waals surface area contributed by atoms with Crippen LogP contribution in [0.3, 0.4) is 0 Å². The van der Waals surface area contributed by atoms with Crippen molar-refractivity contribution < 1.29 is 14.3 Å². The lowest BCUT2D eigenvalue weighted by molar-refractivity contribution is -0.136. The fourth-order valence-electron chi connectivity index (χ4n) is 1.40. The molecule has 0 spiro atoms. The van der Waals surface area contributed by atoms with Crippen molar-refractivity contribution in [2.45, 2.75) is 6.92 Å². The molecule has 0 aliphatic heterocycles. The summed E-state index contributed by atoms with van der Waals surface area (Å²) in [4.78, 5) is 17.7. The Kier molecular flexibility index (Phi) is 5.17. The molecule has 0 aromatic carbocycles. The Morgan fingerprint density at radius 3 is 2.78 bits per heavy atom. The summed E-state index contributed by atoms with van der Waals surface area (Å²) in [6, 6.07) is 3.45. The molecule has 0 aliphatic carbocycles. The molecular weight excluding hydrogens is 232 g/mol. The number of nitrogens with zero attached hydrogens (tertiary/aromatic N) is 2. The number of carbonyl (C=O) groups is 1. The molecule has 18 heavy (non-hydrogen) atoms. The van der Waals surface area contributed by atoms with Crippen LogP contribution in [-0.2, 0) is 9.53 Å². The second-order valence-corrected chi connectivity index (χ2v) is 3.81. The van der Waals surface area contributed by atoms with Gasteiger partial charge in [0, 0.05) is 32.6 Å². The highest BCUT2D eigenvalue weighted by Gasteiger charge is 2.14. The Bertz CT molecular complexity index is 442. The third-order valence-corrected chi connectivity index (χ3v) is 2.14. The second kappa shape index (κ2) is 6.64. The van der Waals surface area contributed by atoms with E-state index in [0.29, 0.717) is 23.6 Å². The van der Waals surface area contributed by atoms with Gasteiger partial charge in [-0.15, -0.1) is 0 Å². The largest absolute Gasteiger partial charge is 0.481 e. The lowest BCUT2D eigenvalue weighted by Gasteiger charge is -2.12. The standard InChI is InChI=1S/C13H18N2O3/c1-5-18-13(16)11(9-15(2)3)10-6-7-14-12(8-10)17-4/h6-9H,5H2,1-4H3/b11-9+. The van der Waals surface area contributed by atoms with Crippen LogP contribution in [0.1, 0.15) is 12.5 Å². The van der Waals surface area contributed by atoms with Gasteiger partial charge >= 0.3 is 5.97 Å². The minimum absolute atomic E-state index is 0.339. The molecule has 5 heteroatoms. The van der Waals surface area contributed by atoms with E-state index < -0.39 is 0 Å². The maximum absolute atomic E-state index is 11.9. The molecule has 0 unspecified atom stereocenters. The predicted octanol–water partition coefficient (Wildman–Crippen LogP) is 1.56. The number of pyridine rings is 1. The molecule has 0 saturated carbocycles. The number of carbonyl (C=O) groups excluding carboxylic acids is 1. The van der Waals surface area contributed by atoms with Gasteiger partial charge in [0.15, 0.2) is 0 Å². The van der Waals surface area contributed by atoms with E-state index in [2.05, 4.69) is 4.98 Å². The van der Waals surface area contributed by atoms with E-state index >= 15 is 0 Å². The number of hydrogen-bond donors (Lipinski definition) is 0. The van der Waals surface area contributed by atoms with E-state index in [-0.39, 0.29) is 5.97 Å². The second-order valence-electron chi connectivity index (χ2n) is 3.81. The summed E-state index contributed by atoms with van der Waals surface area (Å²) in [6.45, 7) is 2.12. The monoisotopic (exact) mass is 250 g/mol. The van der Waals surface area contributed by atoms with Gasteiger partial charge in [-0.05, 0) is 18.6 Å².